The Morgan fingerprint density at radius 3 is 2.24 bits per heavy atom. The molecule has 1 aromatic rings. The highest BCUT2D eigenvalue weighted by molar-refractivity contribution is 5.87. The van der Waals surface area contributed by atoms with Crippen molar-refractivity contribution in [2.75, 3.05) is 0 Å². The van der Waals surface area contributed by atoms with Crippen LogP contribution in [0.5, 0.6) is 0 Å². The Morgan fingerprint density at radius 1 is 1.08 bits per heavy atom. The highest BCUT2D eigenvalue weighted by Crippen LogP contribution is 2.08. The number of hydrogen-bond acceptors (Lipinski definition) is 4. The van der Waals surface area contributed by atoms with Crippen LogP contribution in [-0.2, 0) is 20.9 Å². The molecule has 6 heteroatoms. The maximum Gasteiger partial charge on any atom is 0.408 e. The van der Waals surface area contributed by atoms with Crippen molar-refractivity contribution in [1.82, 2.24) is 10.6 Å². The lowest BCUT2D eigenvalue weighted by molar-refractivity contribution is -0.124. The number of rotatable bonds is 9. The van der Waals surface area contributed by atoms with Gasteiger partial charge in [0.25, 0.3) is 0 Å². The Bertz CT molecular complexity index is 558. The Hall–Kier alpha value is -2.37. The standard InChI is InChI=1S/C19H27N2O4/c1-13(2)10-16(18(23)20-17(11-22)14(3)4)21-19(24)25-12-15-8-6-5-7-9-15/h5-9,13-14,16-17H,10,12H2,1-4H3,(H,20,23)(H,21,24)/t16-,17+/m0/s1. The van der Waals surface area contributed by atoms with E-state index in [4.69, 9.17) is 4.74 Å². The van der Waals surface area contributed by atoms with E-state index in [1.165, 1.54) is 0 Å². The van der Waals surface area contributed by atoms with Crippen LogP contribution in [0.1, 0.15) is 39.7 Å². The molecule has 0 spiro atoms. The van der Waals surface area contributed by atoms with Crippen molar-refractivity contribution in [3.8, 4) is 0 Å². The first-order valence-corrected chi connectivity index (χ1v) is 8.48. The maximum atomic E-state index is 12.4. The first kappa shape index (κ1) is 20.7. The predicted octanol–water partition coefficient (Wildman–Crippen LogP) is 2.58. The third-order valence-corrected chi connectivity index (χ3v) is 3.62. The van der Waals surface area contributed by atoms with E-state index in [2.05, 4.69) is 10.6 Å². The lowest BCUT2D eigenvalue weighted by Gasteiger charge is -2.23. The van der Waals surface area contributed by atoms with E-state index in [1.807, 2.05) is 64.3 Å². The van der Waals surface area contributed by atoms with Gasteiger partial charge in [-0.25, -0.2) is 4.79 Å². The molecule has 1 rings (SSSR count). The fourth-order valence-corrected chi connectivity index (χ4v) is 2.20. The fraction of sp³-hybridized carbons (Fsp3) is 0.526. The van der Waals surface area contributed by atoms with Crippen molar-refractivity contribution in [2.45, 2.75) is 52.8 Å². The van der Waals surface area contributed by atoms with Gasteiger partial charge < -0.3 is 15.4 Å². The molecule has 1 radical (unpaired) electrons. The summed E-state index contributed by atoms with van der Waals surface area (Å²) in [7, 11) is 0. The van der Waals surface area contributed by atoms with Crippen LogP contribution in [0.4, 0.5) is 4.79 Å². The van der Waals surface area contributed by atoms with E-state index < -0.39 is 24.1 Å². The zero-order valence-corrected chi connectivity index (χ0v) is 15.2. The van der Waals surface area contributed by atoms with Crippen LogP contribution in [0.25, 0.3) is 0 Å². The molecule has 6 nitrogen and oxygen atoms in total. The number of nitrogens with one attached hydrogen (secondary N) is 2. The molecule has 137 valence electrons. The molecule has 0 aliphatic rings. The van der Waals surface area contributed by atoms with Gasteiger partial charge in [0.2, 0.25) is 12.2 Å². The van der Waals surface area contributed by atoms with E-state index in [1.54, 1.807) is 0 Å². The summed E-state index contributed by atoms with van der Waals surface area (Å²) in [6, 6.07) is 7.81. The SMILES string of the molecule is CC(C)C[C@H](NC(=O)OCc1ccccc1)C(=O)N[C@H]([C]=O)C(C)C. The second-order valence-electron chi connectivity index (χ2n) is 6.74. The number of benzene rings is 1. The zero-order valence-electron chi connectivity index (χ0n) is 15.2. The van der Waals surface area contributed by atoms with E-state index in [9.17, 15) is 14.4 Å². The van der Waals surface area contributed by atoms with Crippen LogP contribution in [0.2, 0.25) is 0 Å². The van der Waals surface area contributed by atoms with Gasteiger partial charge in [-0.2, -0.15) is 0 Å². The predicted molar refractivity (Wildman–Crippen MR) is 95.5 cm³/mol. The van der Waals surface area contributed by atoms with Crippen LogP contribution in [0, 0.1) is 11.8 Å². The molecule has 0 saturated carbocycles. The van der Waals surface area contributed by atoms with Gasteiger partial charge in [0.05, 0.1) is 6.04 Å². The molecule has 0 saturated heterocycles. The fourth-order valence-electron chi connectivity index (χ4n) is 2.20. The van der Waals surface area contributed by atoms with E-state index in [0.29, 0.717) is 6.42 Å². The number of hydrogen-bond donors (Lipinski definition) is 2. The Kier molecular flexibility index (Phi) is 8.67. The number of amides is 2. The quantitative estimate of drug-likeness (QED) is 0.719. The van der Waals surface area contributed by atoms with Crippen molar-refractivity contribution in [2.24, 2.45) is 11.8 Å². The largest absolute Gasteiger partial charge is 0.445 e. The van der Waals surface area contributed by atoms with Crippen LogP contribution < -0.4 is 10.6 Å². The van der Waals surface area contributed by atoms with Crippen molar-refractivity contribution in [3.63, 3.8) is 0 Å². The highest BCUT2D eigenvalue weighted by atomic mass is 16.5. The summed E-state index contributed by atoms with van der Waals surface area (Å²) >= 11 is 0. The second-order valence-corrected chi connectivity index (χ2v) is 6.74. The van der Waals surface area contributed by atoms with Crippen LogP contribution in [-0.4, -0.2) is 30.4 Å². The Labute approximate surface area is 149 Å². The molecular weight excluding hydrogens is 320 g/mol. The first-order valence-electron chi connectivity index (χ1n) is 8.48. The van der Waals surface area contributed by atoms with Gasteiger partial charge in [0, 0.05) is 0 Å². The van der Waals surface area contributed by atoms with E-state index in [-0.39, 0.29) is 18.4 Å². The summed E-state index contributed by atoms with van der Waals surface area (Å²) in [4.78, 5) is 35.4. The average molecular weight is 347 g/mol. The van der Waals surface area contributed by atoms with Crippen LogP contribution in [0.3, 0.4) is 0 Å². The van der Waals surface area contributed by atoms with Gasteiger partial charge in [-0.3, -0.25) is 9.59 Å². The summed E-state index contributed by atoms with van der Waals surface area (Å²) in [5, 5.41) is 5.20. The summed E-state index contributed by atoms with van der Waals surface area (Å²) in [6.45, 7) is 7.65. The number of alkyl carbamates (subject to hydrolysis) is 1. The average Bonchev–Trinajstić information content (AvgIpc) is 2.57. The molecule has 0 unspecified atom stereocenters. The molecule has 1 aromatic carbocycles. The minimum absolute atomic E-state index is 0.0776. The molecule has 0 bridgehead atoms. The maximum absolute atomic E-state index is 12.4. The molecule has 0 fully saturated rings. The molecule has 0 aliphatic heterocycles. The second kappa shape index (κ2) is 10.5. The van der Waals surface area contributed by atoms with Crippen molar-refractivity contribution in [1.29, 1.82) is 0 Å². The summed E-state index contributed by atoms with van der Waals surface area (Å²) in [5.74, 6) is -0.304. The normalized spacial score (nSPS) is 13.2. The topological polar surface area (TPSA) is 84.5 Å². The smallest absolute Gasteiger partial charge is 0.408 e. The number of ether oxygens (including phenoxy) is 1. The van der Waals surface area contributed by atoms with Gasteiger partial charge in [0.15, 0.2) is 0 Å². The summed E-state index contributed by atoms with van der Waals surface area (Å²) in [5.41, 5.74) is 0.859. The first-order chi connectivity index (χ1) is 11.8. The molecule has 0 aromatic heterocycles. The molecule has 0 heterocycles. The molecule has 25 heavy (non-hydrogen) atoms. The Balaban J connectivity index is 2.63. The van der Waals surface area contributed by atoms with Gasteiger partial charge in [-0.15, -0.1) is 0 Å². The van der Waals surface area contributed by atoms with E-state index in [0.717, 1.165) is 5.56 Å². The molecule has 0 aliphatic carbocycles. The number of carbonyl (C=O) groups excluding carboxylic acids is 3. The molecular formula is C19H27N2O4. The Morgan fingerprint density at radius 2 is 1.72 bits per heavy atom. The number of carbonyl (C=O) groups is 2. The molecule has 2 amide bonds. The molecule has 2 N–H and O–H groups in total. The molecule has 2 atom stereocenters. The van der Waals surface area contributed by atoms with Crippen molar-refractivity contribution >= 4 is 18.3 Å². The third kappa shape index (κ3) is 7.83. The third-order valence-electron chi connectivity index (χ3n) is 3.62. The van der Waals surface area contributed by atoms with Crippen LogP contribution >= 0.6 is 0 Å². The minimum atomic E-state index is -0.766. The van der Waals surface area contributed by atoms with Crippen molar-refractivity contribution < 1.29 is 19.1 Å². The summed E-state index contributed by atoms with van der Waals surface area (Å²) < 4.78 is 5.16. The van der Waals surface area contributed by atoms with Gasteiger partial charge in [-0.05, 0) is 23.8 Å². The van der Waals surface area contributed by atoms with Gasteiger partial charge in [0.1, 0.15) is 12.6 Å². The lowest BCUT2D eigenvalue weighted by atomic mass is 10.0. The lowest BCUT2D eigenvalue weighted by Crippen LogP contribution is -2.51. The van der Waals surface area contributed by atoms with Crippen molar-refractivity contribution in [3.05, 3.63) is 35.9 Å². The highest BCUT2D eigenvalue weighted by Gasteiger charge is 2.26. The van der Waals surface area contributed by atoms with Gasteiger partial charge >= 0.3 is 6.09 Å². The van der Waals surface area contributed by atoms with E-state index >= 15 is 0 Å². The van der Waals surface area contributed by atoms with Gasteiger partial charge in [-0.1, -0.05) is 58.0 Å². The van der Waals surface area contributed by atoms with Crippen LogP contribution in [0.15, 0.2) is 30.3 Å². The minimum Gasteiger partial charge on any atom is -0.445 e. The monoisotopic (exact) mass is 347 g/mol. The summed E-state index contributed by atoms with van der Waals surface area (Å²) in [6.07, 6.45) is 1.59. The zero-order chi connectivity index (χ0) is 18.8.